The van der Waals surface area contributed by atoms with Crippen molar-refractivity contribution in [2.24, 2.45) is 0 Å². The van der Waals surface area contributed by atoms with Crippen molar-refractivity contribution in [1.82, 2.24) is 4.40 Å². The lowest BCUT2D eigenvalue weighted by molar-refractivity contribution is -0.142. The van der Waals surface area contributed by atoms with Crippen LogP contribution in [0.25, 0.3) is 5.52 Å². The van der Waals surface area contributed by atoms with E-state index in [1.165, 1.54) is 0 Å². The Bertz CT molecular complexity index is 931. The van der Waals surface area contributed by atoms with Crippen LogP contribution in [0.4, 0.5) is 0 Å². The van der Waals surface area contributed by atoms with Gasteiger partial charge in [0.1, 0.15) is 5.69 Å². The number of esters is 3. The lowest BCUT2D eigenvalue weighted by Gasteiger charge is -2.05. The van der Waals surface area contributed by atoms with Gasteiger partial charge in [-0.2, -0.15) is 0 Å². The van der Waals surface area contributed by atoms with Crippen molar-refractivity contribution in [3.63, 3.8) is 0 Å². The number of ether oxygens (including phenoxy) is 3. The number of hydrogen-bond acceptors (Lipinski definition) is 7. The molecule has 0 aliphatic heterocycles. The maximum absolute atomic E-state index is 12.7. The number of carbonyl (C=O) groups is 3. The molecule has 0 atom stereocenters. The number of rotatable bonds is 9. The van der Waals surface area contributed by atoms with E-state index in [4.69, 9.17) is 14.2 Å². The molecule has 8 heteroatoms. The summed E-state index contributed by atoms with van der Waals surface area (Å²) in [5.74, 6) is -1.41. The molecular formula is C21H25NO6S. The maximum atomic E-state index is 12.7. The lowest BCUT2D eigenvalue weighted by atomic mass is 10.2. The second-order valence-corrected chi connectivity index (χ2v) is 6.87. The first kappa shape index (κ1) is 22.5. The molecule has 0 amide bonds. The molecule has 0 unspecified atom stereocenters. The van der Waals surface area contributed by atoms with Gasteiger partial charge in [0.2, 0.25) is 0 Å². The van der Waals surface area contributed by atoms with Gasteiger partial charge in [-0.15, -0.1) is 0 Å². The molecule has 0 spiro atoms. The number of fused-ring (bicyclic) bond motifs is 1. The molecule has 0 bridgehead atoms. The van der Waals surface area contributed by atoms with Gasteiger partial charge < -0.3 is 18.6 Å². The molecule has 0 saturated carbocycles. The molecule has 0 radical (unpaired) electrons. The number of aromatic nitrogens is 1. The van der Waals surface area contributed by atoms with E-state index in [9.17, 15) is 14.4 Å². The molecular weight excluding hydrogens is 394 g/mol. The fraction of sp³-hybridized carbons (Fsp3) is 0.381. The molecule has 0 aliphatic carbocycles. The fourth-order valence-corrected chi connectivity index (χ4v) is 3.65. The van der Waals surface area contributed by atoms with Crippen molar-refractivity contribution in [1.29, 1.82) is 0 Å². The van der Waals surface area contributed by atoms with E-state index >= 15 is 0 Å². The van der Waals surface area contributed by atoms with E-state index in [1.54, 1.807) is 42.9 Å². The molecule has 7 nitrogen and oxygen atoms in total. The average molecular weight is 419 g/mol. The molecule has 2 aromatic rings. The molecule has 156 valence electrons. The Morgan fingerprint density at radius 2 is 1.69 bits per heavy atom. The summed E-state index contributed by atoms with van der Waals surface area (Å²) in [5, 5.41) is 1.66. The second kappa shape index (κ2) is 10.7. The van der Waals surface area contributed by atoms with Crippen molar-refractivity contribution >= 4 is 35.2 Å². The van der Waals surface area contributed by atoms with E-state index in [0.29, 0.717) is 22.6 Å². The third kappa shape index (κ3) is 5.41. The number of aryl methyl sites for hydroxylation is 1. The minimum atomic E-state index is -0.539. The minimum absolute atomic E-state index is 0.0940. The molecule has 29 heavy (non-hydrogen) atoms. The summed E-state index contributed by atoms with van der Waals surface area (Å²) in [7, 11) is 0. The number of pyridine rings is 1. The van der Waals surface area contributed by atoms with Crippen LogP contribution < -0.4 is 0 Å². The van der Waals surface area contributed by atoms with Gasteiger partial charge >= 0.3 is 17.9 Å². The number of carbonyl (C=O) groups excluding carboxylic acids is 3. The van der Waals surface area contributed by atoms with E-state index in [2.05, 4.69) is 0 Å². The highest BCUT2D eigenvalue weighted by Crippen LogP contribution is 2.35. The molecule has 2 heterocycles. The fourth-order valence-electron chi connectivity index (χ4n) is 2.72. The van der Waals surface area contributed by atoms with Gasteiger partial charge in [0.05, 0.1) is 42.2 Å². The Morgan fingerprint density at radius 3 is 2.34 bits per heavy atom. The third-order valence-electron chi connectivity index (χ3n) is 3.87. The first-order chi connectivity index (χ1) is 13.9. The van der Waals surface area contributed by atoms with Crippen molar-refractivity contribution in [3.8, 4) is 0 Å². The van der Waals surface area contributed by atoms with Gasteiger partial charge in [0.25, 0.3) is 0 Å². The van der Waals surface area contributed by atoms with Crippen LogP contribution in [0, 0.1) is 6.92 Å². The average Bonchev–Trinajstić information content (AvgIpc) is 2.99. The zero-order valence-electron chi connectivity index (χ0n) is 17.0. The largest absolute Gasteiger partial charge is 0.466 e. The molecule has 2 aromatic heterocycles. The predicted octanol–water partition coefficient (Wildman–Crippen LogP) is 4.16. The topological polar surface area (TPSA) is 83.3 Å². The highest BCUT2D eigenvalue weighted by Gasteiger charge is 2.28. The number of thioether (sulfide) groups is 1. The summed E-state index contributed by atoms with van der Waals surface area (Å²) in [6.45, 7) is 7.80. The first-order valence-electron chi connectivity index (χ1n) is 9.40. The molecule has 0 saturated heterocycles. The lowest BCUT2D eigenvalue weighted by Crippen LogP contribution is -2.09. The van der Waals surface area contributed by atoms with Crippen molar-refractivity contribution in [2.45, 2.75) is 39.0 Å². The van der Waals surface area contributed by atoms with Crippen LogP contribution in [0.5, 0.6) is 0 Å². The van der Waals surface area contributed by atoms with Gasteiger partial charge in [-0.3, -0.25) is 4.79 Å². The van der Waals surface area contributed by atoms with Crippen LogP contribution in [-0.4, -0.2) is 42.1 Å². The molecule has 0 aliphatic rings. The Labute approximate surface area is 174 Å². The minimum Gasteiger partial charge on any atom is -0.466 e. The summed E-state index contributed by atoms with van der Waals surface area (Å²) in [4.78, 5) is 37.3. The quantitative estimate of drug-likeness (QED) is 0.343. The highest BCUT2D eigenvalue weighted by atomic mass is 32.2. The van der Waals surface area contributed by atoms with Crippen LogP contribution in [0.1, 0.15) is 53.6 Å². The highest BCUT2D eigenvalue weighted by molar-refractivity contribution is 8.02. The number of hydrogen-bond donors (Lipinski definition) is 0. The molecule has 0 N–H and O–H groups in total. The zero-order valence-corrected chi connectivity index (χ0v) is 17.8. The van der Waals surface area contributed by atoms with Crippen LogP contribution in [-0.2, 0) is 19.0 Å². The van der Waals surface area contributed by atoms with Gasteiger partial charge in [-0.05, 0) is 50.8 Å². The normalized spacial score (nSPS) is 11.0. The van der Waals surface area contributed by atoms with E-state index in [-0.39, 0.29) is 31.3 Å². The third-order valence-corrected chi connectivity index (χ3v) is 4.83. The summed E-state index contributed by atoms with van der Waals surface area (Å²) >= 11 is 1.16. The Hall–Kier alpha value is -2.74. The van der Waals surface area contributed by atoms with Crippen molar-refractivity contribution in [3.05, 3.63) is 46.6 Å². The number of nitrogens with zero attached hydrogens (tertiary/aromatic N) is 1. The summed E-state index contributed by atoms with van der Waals surface area (Å²) in [6, 6.07) is 3.66. The van der Waals surface area contributed by atoms with Gasteiger partial charge in [-0.1, -0.05) is 17.8 Å². The van der Waals surface area contributed by atoms with Crippen LogP contribution in [0.3, 0.4) is 0 Å². The standard InChI is InChI=1S/C21H25NO6S/c1-5-26-16(23)9-8-12-29-19-17(20(24)27-6-2)15-13-14(4)10-11-22(15)18(19)21(25)28-7-3/h8,10-13H,5-7,9H2,1-4H3/b12-8+. The van der Waals surface area contributed by atoms with Crippen molar-refractivity contribution in [2.75, 3.05) is 19.8 Å². The Morgan fingerprint density at radius 1 is 1.03 bits per heavy atom. The Balaban J connectivity index is 2.56. The first-order valence-corrected chi connectivity index (χ1v) is 10.3. The van der Waals surface area contributed by atoms with E-state index in [1.807, 2.05) is 19.1 Å². The maximum Gasteiger partial charge on any atom is 0.356 e. The molecule has 0 aromatic carbocycles. The SMILES string of the molecule is CCOC(=O)C/C=C/Sc1c(C(=O)OCC)c2cc(C)ccn2c1C(=O)OCC. The summed E-state index contributed by atoms with van der Waals surface area (Å²) in [6.07, 6.45) is 3.45. The van der Waals surface area contributed by atoms with Gasteiger partial charge in [-0.25, -0.2) is 9.59 Å². The Kier molecular flexibility index (Phi) is 8.33. The molecule has 2 rings (SSSR count). The predicted molar refractivity (Wildman–Crippen MR) is 110 cm³/mol. The van der Waals surface area contributed by atoms with Crippen LogP contribution >= 0.6 is 11.8 Å². The summed E-state index contributed by atoms with van der Waals surface area (Å²) < 4.78 is 17.0. The molecule has 0 fully saturated rings. The smallest absolute Gasteiger partial charge is 0.356 e. The monoisotopic (exact) mass is 419 g/mol. The van der Waals surface area contributed by atoms with Gasteiger partial charge in [0, 0.05) is 6.20 Å². The van der Waals surface area contributed by atoms with E-state index < -0.39 is 11.9 Å². The van der Waals surface area contributed by atoms with Crippen LogP contribution in [0.15, 0.2) is 34.7 Å². The second-order valence-electron chi connectivity index (χ2n) is 5.95. The van der Waals surface area contributed by atoms with Crippen molar-refractivity contribution < 1.29 is 28.6 Å². The van der Waals surface area contributed by atoms with Crippen LogP contribution in [0.2, 0.25) is 0 Å². The zero-order chi connectivity index (χ0) is 21.4. The summed E-state index contributed by atoms with van der Waals surface area (Å²) in [5.41, 5.74) is 2.04. The van der Waals surface area contributed by atoms with E-state index in [0.717, 1.165) is 17.3 Å². The van der Waals surface area contributed by atoms with Gasteiger partial charge in [0.15, 0.2) is 0 Å².